The van der Waals surface area contributed by atoms with Crippen LogP contribution in [0.5, 0.6) is 0 Å². The smallest absolute Gasteiger partial charge is 0.314 e. The van der Waals surface area contributed by atoms with Crippen molar-refractivity contribution >= 4 is 29.2 Å². The van der Waals surface area contributed by atoms with Crippen molar-refractivity contribution in [2.45, 2.75) is 104 Å². The lowest BCUT2D eigenvalue weighted by molar-refractivity contribution is -0.174. The third kappa shape index (κ3) is 7.78. The standard InChI is InChI=1S/C35H51N3O4/c1-9-21-35(22-10-2,33(41)42-34(5,6)7)27(23-24(3)4)31(39)37-30-32(40)38(8)28-20-16-15-19-26(28)29(36-30)25-17-13-11-12-14-18-25/h9-10,15-16,19-20,24-25,27,30H,1-2,11-14,17-18,21-23H2,3-8H3,(H,37,39)/t27-,30?/m0/s1. The van der Waals surface area contributed by atoms with Crippen LogP contribution in [0.15, 0.2) is 54.6 Å². The largest absolute Gasteiger partial charge is 0.460 e. The van der Waals surface area contributed by atoms with E-state index in [-0.39, 0.29) is 36.5 Å². The zero-order valence-electron chi connectivity index (χ0n) is 26.6. The van der Waals surface area contributed by atoms with Gasteiger partial charge in [0.15, 0.2) is 0 Å². The lowest BCUT2D eigenvalue weighted by Gasteiger charge is -2.39. The molecule has 1 aromatic rings. The first-order valence-corrected chi connectivity index (χ1v) is 15.5. The summed E-state index contributed by atoms with van der Waals surface area (Å²) in [6.07, 6.45) is 9.74. The van der Waals surface area contributed by atoms with Gasteiger partial charge < -0.3 is 15.0 Å². The van der Waals surface area contributed by atoms with Crippen LogP contribution < -0.4 is 10.2 Å². The molecule has 0 spiro atoms. The average Bonchev–Trinajstić information content (AvgIpc) is 3.25. The van der Waals surface area contributed by atoms with Gasteiger partial charge in [-0.1, -0.05) is 69.9 Å². The molecule has 230 valence electrons. The molecular formula is C35H51N3O4. The van der Waals surface area contributed by atoms with E-state index in [9.17, 15) is 14.4 Å². The van der Waals surface area contributed by atoms with E-state index in [0.717, 1.165) is 42.6 Å². The Bertz CT molecular complexity index is 1160. The molecule has 1 aliphatic heterocycles. The Morgan fingerprint density at radius 3 is 2.21 bits per heavy atom. The molecule has 1 aromatic carbocycles. The highest BCUT2D eigenvalue weighted by Gasteiger charge is 2.50. The molecular weight excluding hydrogens is 526 g/mol. The highest BCUT2D eigenvalue weighted by atomic mass is 16.6. The number of hydrogen-bond acceptors (Lipinski definition) is 5. The van der Waals surface area contributed by atoms with Crippen LogP contribution in [0.25, 0.3) is 0 Å². The number of likely N-dealkylation sites (N-methyl/N-ethyl adjacent to an activating group) is 1. The first-order chi connectivity index (χ1) is 19.8. The predicted octanol–water partition coefficient (Wildman–Crippen LogP) is 7.01. The molecule has 2 amide bonds. The van der Waals surface area contributed by atoms with Crippen molar-refractivity contribution in [3.8, 4) is 0 Å². The minimum absolute atomic E-state index is 0.0963. The van der Waals surface area contributed by atoms with Crippen LogP contribution in [0.1, 0.15) is 98.0 Å². The maximum Gasteiger partial charge on any atom is 0.314 e. The van der Waals surface area contributed by atoms with Crippen LogP contribution in [-0.2, 0) is 19.1 Å². The molecule has 2 atom stereocenters. The summed E-state index contributed by atoms with van der Waals surface area (Å²) in [7, 11) is 1.73. The number of rotatable bonds is 11. The van der Waals surface area contributed by atoms with Crippen LogP contribution in [0.4, 0.5) is 5.69 Å². The molecule has 42 heavy (non-hydrogen) atoms. The highest BCUT2D eigenvalue weighted by molar-refractivity contribution is 6.14. The van der Waals surface area contributed by atoms with Crippen molar-refractivity contribution in [1.29, 1.82) is 0 Å². The van der Waals surface area contributed by atoms with Crippen molar-refractivity contribution in [2.75, 3.05) is 11.9 Å². The number of allylic oxidation sites excluding steroid dienone is 2. The minimum Gasteiger partial charge on any atom is -0.460 e. The van der Waals surface area contributed by atoms with Crippen LogP contribution in [0.2, 0.25) is 0 Å². The molecule has 1 unspecified atom stereocenters. The summed E-state index contributed by atoms with van der Waals surface area (Å²) in [6.45, 7) is 17.3. The number of para-hydroxylation sites is 1. The molecule has 2 aliphatic rings. The zero-order chi connectivity index (χ0) is 31.1. The molecule has 1 saturated carbocycles. The fourth-order valence-electron chi connectivity index (χ4n) is 6.38. The number of nitrogens with one attached hydrogen (secondary N) is 1. The number of ether oxygens (including phenoxy) is 1. The molecule has 1 N–H and O–H groups in total. The van der Waals surface area contributed by atoms with Gasteiger partial charge in [-0.25, -0.2) is 0 Å². The van der Waals surface area contributed by atoms with Crippen molar-refractivity contribution in [1.82, 2.24) is 5.32 Å². The Morgan fingerprint density at radius 2 is 1.67 bits per heavy atom. The van der Waals surface area contributed by atoms with Gasteiger partial charge in [0.05, 0.1) is 22.7 Å². The summed E-state index contributed by atoms with van der Waals surface area (Å²) in [6, 6.07) is 7.86. The summed E-state index contributed by atoms with van der Waals surface area (Å²) in [4.78, 5) is 48.8. The lowest BCUT2D eigenvalue weighted by Crippen LogP contribution is -2.53. The van der Waals surface area contributed by atoms with Gasteiger partial charge >= 0.3 is 5.97 Å². The molecule has 1 aliphatic carbocycles. The molecule has 0 radical (unpaired) electrons. The SMILES string of the molecule is C=CCC(CC=C)(C(=O)OC(C)(C)C)[C@@H](CC(C)C)C(=O)NC1N=C(C2CCCCCC2)c2ccccc2N(C)C1=O. The van der Waals surface area contributed by atoms with E-state index >= 15 is 0 Å². The summed E-state index contributed by atoms with van der Waals surface area (Å²) >= 11 is 0. The van der Waals surface area contributed by atoms with Gasteiger partial charge in [0.25, 0.3) is 5.91 Å². The number of carbonyl (C=O) groups excluding carboxylic acids is 3. The number of fused-ring (bicyclic) bond motifs is 1. The van der Waals surface area contributed by atoms with Crippen molar-refractivity contribution in [3.63, 3.8) is 0 Å². The van der Waals surface area contributed by atoms with E-state index < -0.39 is 29.1 Å². The highest BCUT2D eigenvalue weighted by Crippen LogP contribution is 2.43. The number of hydrogen-bond donors (Lipinski definition) is 1. The number of aliphatic imine (C=N–C) groups is 1. The third-order valence-corrected chi connectivity index (χ3v) is 8.41. The maximum atomic E-state index is 14.4. The van der Waals surface area contributed by atoms with Crippen LogP contribution >= 0.6 is 0 Å². The molecule has 7 nitrogen and oxygen atoms in total. The number of nitrogens with zero attached hydrogens (tertiary/aromatic N) is 2. The fourth-order valence-corrected chi connectivity index (χ4v) is 6.38. The second-order valence-corrected chi connectivity index (χ2v) is 13.4. The number of benzodiazepines with no additional fused rings is 1. The first kappa shape index (κ1) is 33.3. The number of anilines is 1. The summed E-state index contributed by atoms with van der Waals surface area (Å²) in [5.41, 5.74) is 0.653. The van der Waals surface area contributed by atoms with Gasteiger partial charge in [-0.15, -0.1) is 13.2 Å². The second kappa shape index (κ2) is 14.3. The third-order valence-electron chi connectivity index (χ3n) is 8.41. The monoisotopic (exact) mass is 577 g/mol. The summed E-state index contributed by atoms with van der Waals surface area (Å²) < 4.78 is 5.90. The molecule has 1 fully saturated rings. The second-order valence-electron chi connectivity index (χ2n) is 13.4. The molecule has 0 bridgehead atoms. The van der Waals surface area contributed by atoms with E-state index in [1.165, 1.54) is 12.8 Å². The van der Waals surface area contributed by atoms with Gasteiger partial charge in [-0.2, -0.15) is 0 Å². The van der Waals surface area contributed by atoms with Gasteiger partial charge in [0, 0.05) is 18.5 Å². The summed E-state index contributed by atoms with van der Waals surface area (Å²) in [5, 5.41) is 3.01. The van der Waals surface area contributed by atoms with E-state index in [0.29, 0.717) is 6.42 Å². The lowest BCUT2D eigenvalue weighted by atomic mass is 9.67. The van der Waals surface area contributed by atoms with E-state index in [1.807, 2.05) is 58.9 Å². The number of esters is 1. The fraction of sp³-hybridized carbons (Fsp3) is 0.600. The Morgan fingerprint density at radius 1 is 1.07 bits per heavy atom. The molecule has 0 aromatic heterocycles. The predicted molar refractivity (Wildman–Crippen MR) is 170 cm³/mol. The minimum atomic E-state index is -1.22. The number of benzene rings is 1. The normalized spacial score (nSPS) is 19.2. The van der Waals surface area contributed by atoms with E-state index in [2.05, 4.69) is 18.5 Å². The van der Waals surface area contributed by atoms with Gasteiger partial charge in [-0.3, -0.25) is 19.4 Å². The Hall–Kier alpha value is -3.22. The van der Waals surface area contributed by atoms with Crippen LogP contribution in [0, 0.1) is 23.2 Å². The quantitative estimate of drug-likeness (QED) is 0.174. The van der Waals surface area contributed by atoms with Crippen molar-refractivity contribution < 1.29 is 19.1 Å². The van der Waals surface area contributed by atoms with E-state index in [1.54, 1.807) is 24.1 Å². The number of carbonyl (C=O) groups is 3. The van der Waals surface area contributed by atoms with Gasteiger partial charge in [0.1, 0.15) is 5.60 Å². The Kier molecular flexibility index (Phi) is 11.3. The molecule has 7 heteroatoms. The maximum absolute atomic E-state index is 14.4. The first-order valence-electron chi connectivity index (χ1n) is 15.5. The summed E-state index contributed by atoms with van der Waals surface area (Å²) in [5.74, 6) is -1.64. The molecule has 1 heterocycles. The topological polar surface area (TPSA) is 88.1 Å². The van der Waals surface area contributed by atoms with Crippen molar-refractivity contribution in [3.05, 3.63) is 55.1 Å². The van der Waals surface area contributed by atoms with Crippen LogP contribution in [-0.4, -0.2) is 42.3 Å². The Labute approximate surface area is 252 Å². The Balaban J connectivity index is 2.09. The van der Waals surface area contributed by atoms with Gasteiger partial charge in [0.2, 0.25) is 12.1 Å². The van der Waals surface area contributed by atoms with Gasteiger partial charge in [-0.05, 0) is 64.9 Å². The molecule has 3 rings (SSSR count). The average molecular weight is 578 g/mol. The van der Waals surface area contributed by atoms with Crippen LogP contribution in [0.3, 0.4) is 0 Å². The van der Waals surface area contributed by atoms with E-state index in [4.69, 9.17) is 9.73 Å². The van der Waals surface area contributed by atoms with Crippen molar-refractivity contribution in [2.24, 2.45) is 28.2 Å². The molecule has 0 saturated heterocycles. The zero-order valence-corrected chi connectivity index (χ0v) is 26.6. The number of amides is 2.